The van der Waals surface area contributed by atoms with Crippen LogP contribution >= 0.6 is 0 Å². The minimum absolute atomic E-state index is 0.00371. The topological polar surface area (TPSA) is 124 Å². The lowest BCUT2D eigenvalue weighted by Crippen LogP contribution is -2.62. The van der Waals surface area contributed by atoms with Gasteiger partial charge in [0.05, 0.1) is 18.8 Å². The summed E-state index contributed by atoms with van der Waals surface area (Å²) in [4.78, 5) is 37.2. The van der Waals surface area contributed by atoms with E-state index in [0.29, 0.717) is 53.6 Å². The van der Waals surface area contributed by atoms with Gasteiger partial charge in [-0.1, -0.05) is 52.9 Å². The van der Waals surface area contributed by atoms with Crippen LogP contribution in [0.2, 0.25) is 0 Å². The summed E-state index contributed by atoms with van der Waals surface area (Å²) in [6.45, 7) is 8.99. The second-order valence-electron chi connectivity index (χ2n) is 20.4. The molecule has 10 nitrogen and oxygen atoms in total. The minimum atomic E-state index is -0.817. The smallest absolute Gasteiger partial charge is 0.240 e. The van der Waals surface area contributed by atoms with Crippen molar-refractivity contribution in [3.63, 3.8) is 0 Å². The quantitative estimate of drug-likeness (QED) is 0.221. The van der Waals surface area contributed by atoms with Gasteiger partial charge in [-0.2, -0.15) is 5.06 Å². The largest absolute Gasteiger partial charge is 0.394 e. The Kier molecular flexibility index (Phi) is 12.8. The fraction of sp³-hybridized carbons (Fsp3) is 0.955. The van der Waals surface area contributed by atoms with Crippen molar-refractivity contribution in [2.24, 2.45) is 64.6 Å². The molecule has 2 bridgehead atoms. The van der Waals surface area contributed by atoms with Gasteiger partial charge < -0.3 is 30.5 Å². The highest BCUT2D eigenvalue weighted by atomic mass is 16.7. The normalized spacial score (nSPS) is 45.6. The van der Waals surface area contributed by atoms with Crippen molar-refractivity contribution in [1.82, 2.24) is 20.6 Å². The first kappa shape index (κ1) is 40.9. The SMILES string of the molecule is COC1C(CN2O[C@@H](CO)[C@H]([C@H](C)O)[C@H]2C(=O)N[C@H]2C[C@H]3C[C@@H]([C@@H]2C)C3(C)C)CCCC1C1CC(C(=O)NC2CCC3CCCCC3C2)CC(N(C)C)C1. The van der Waals surface area contributed by atoms with Crippen molar-refractivity contribution in [2.45, 2.75) is 166 Å². The molecule has 8 fully saturated rings. The van der Waals surface area contributed by atoms with E-state index in [-0.39, 0.29) is 42.4 Å². The van der Waals surface area contributed by atoms with Crippen LogP contribution in [-0.2, 0) is 19.2 Å². The van der Waals surface area contributed by atoms with Crippen molar-refractivity contribution in [3.05, 3.63) is 0 Å². The van der Waals surface area contributed by atoms with Crippen molar-refractivity contribution >= 4 is 11.8 Å². The lowest BCUT2D eigenvalue weighted by Gasteiger charge is -2.62. The Morgan fingerprint density at radius 3 is 2.33 bits per heavy atom. The number of hydrogen-bond donors (Lipinski definition) is 4. The fourth-order valence-electron chi connectivity index (χ4n) is 13.7. The second kappa shape index (κ2) is 16.9. The number of aliphatic hydroxyl groups excluding tert-OH is 2. The number of aliphatic hydroxyl groups is 2. The Bertz CT molecular complexity index is 1300. The number of fused-ring (bicyclic) bond motifs is 3. The molecule has 0 spiro atoms. The van der Waals surface area contributed by atoms with Gasteiger partial charge >= 0.3 is 0 Å². The lowest BCUT2D eigenvalue weighted by molar-refractivity contribution is -0.193. The molecular formula is C44H76N4O6. The number of rotatable bonds is 11. The number of ether oxygens (including phenoxy) is 1. The molecule has 0 aromatic carbocycles. The van der Waals surface area contributed by atoms with Crippen LogP contribution in [0.15, 0.2) is 0 Å². The molecule has 9 unspecified atom stereocenters. The summed E-state index contributed by atoms with van der Waals surface area (Å²) in [5.74, 6) is 3.69. The Hall–Kier alpha value is -1.30. The van der Waals surface area contributed by atoms with Gasteiger partial charge in [0, 0.05) is 49.5 Å². The molecule has 1 aliphatic heterocycles. The molecular weight excluding hydrogens is 681 g/mol. The number of hydroxylamine groups is 2. The molecule has 1 heterocycles. The molecule has 1 saturated heterocycles. The third-order valence-electron chi connectivity index (χ3n) is 17.1. The minimum Gasteiger partial charge on any atom is -0.394 e. The first-order chi connectivity index (χ1) is 25.8. The Labute approximate surface area is 326 Å². The van der Waals surface area contributed by atoms with Gasteiger partial charge in [0.1, 0.15) is 12.1 Å². The van der Waals surface area contributed by atoms with E-state index in [4.69, 9.17) is 9.57 Å². The molecule has 10 heteroatoms. The predicted molar refractivity (Wildman–Crippen MR) is 210 cm³/mol. The van der Waals surface area contributed by atoms with E-state index in [9.17, 15) is 19.8 Å². The molecule has 17 atom stereocenters. The van der Waals surface area contributed by atoms with Gasteiger partial charge in [-0.3, -0.25) is 14.4 Å². The van der Waals surface area contributed by atoms with Crippen LogP contribution in [0.1, 0.15) is 124 Å². The van der Waals surface area contributed by atoms with Gasteiger partial charge in [0.2, 0.25) is 11.8 Å². The molecule has 0 radical (unpaired) electrons. The maximum atomic E-state index is 14.3. The average Bonchev–Trinajstić information content (AvgIpc) is 3.53. The van der Waals surface area contributed by atoms with Crippen LogP contribution in [0.3, 0.4) is 0 Å². The first-order valence-corrected chi connectivity index (χ1v) is 22.3. The maximum Gasteiger partial charge on any atom is 0.240 e. The summed E-state index contributed by atoms with van der Waals surface area (Å²) in [6, 6.07) is 0.0759. The molecule has 0 aromatic rings. The zero-order chi connectivity index (χ0) is 38.5. The summed E-state index contributed by atoms with van der Waals surface area (Å²) in [6.07, 6.45) is 15.7. The van der Waals surface area contributed by atoms with Crippen LogP contribution in [0.5, 0.6) is 0 Å². The highest BCUT2D eigenvalue weighted by molar-refractivity contribution is 5.83. The zero-order valence-corrected chi connectivity index (χ0v) is 34.8. The molecule has 7 aliphatic carbocycles. The van der Waals surface area contributed by atoms with Crippen LogP contribution < -0.4 is 10.6 Å². The second-order valence-corrected chi connectivity index (χ2v) is 20.4. The molecule has 308 valence electrons. The standard InChI is InChI=1S/C44H76N4O6/c1-25-36-21-32(44(36,3)4)22-37(25)46-43(52)40-39(26(2)50)38(24-49)54-48(40)23-29-13-10-14-35(41(29)53-7)30-17-31(20-34(19-30)47(5)6)42(51)45-33-16-15-27-11-8-9-12-28(27)18-33/h25-41,49-50H,8-24H2,1-7H3,(H,45,51)(H,46,52)/t25-,26-,27?,28?,29?,30?,31?,32+,33?,34?,35?,36-,37-,38-,39-,40-,41?/m0/s1. The average molecular weight is 757 g/mol. The molecule has 8 aliphatic rings. The first-order valence-electron chi connectivity index (χ1n) is 22.3. The van der Waals surface area contributed by atoms with E-state index in [1.807, 2.05) is 12.2 Å². The zero-order valence-electron chi connectivity index (χ0n) is 34.8. The molecule has 7 saturated carbocycles. The fourth-order valence-corrected chi connectivity index (χ4v) is 13.7. The number of carbonyl (C=O) groups is 2. The van der Waals surface area contributed by atoms with E-state index in [1.54, 1.807) is 6.92 Å². The highest BCUT2D eigenvalue weighted by Crippen LogP contribution is 2.61. The summed E-state index contributed by atoms with van der Waals surface area (Å²) < 4.78 is 6.44. The van der Waals surface area contributed by atoms with Gasteiger partial charge in [-0.15, -0.1) is 0 Å². The molecule has 54 heavy (non-hydrogen) atoms. The Morgan fingerprint density at radius 1 is 0.907 bits per heavy atom. The lowest BCUT2D eigenvalue weighted by atomic mass is 9.45. The number of nitrogens with one attached hydrogen (secondary N) is 2. The number of methoxy groups -OCH3 is 1. The van der Waals surface area contributed by atoms with Crippen LogP contribution in [0.4, 0.5) is 0 Å². The predicted octanol–water partition coefficient (Wildman–Crippen LogP) is 5.40. The molecule has 2 amide bonds. The number of carbonyl (C=O) groups excluding carboxylic acids is 2. The van der Waals surface area contributed by atoms with Crippen LogP contribution in [0.25, 0.3) is 0 Å². The van der Waals surface area contributed by atoms with Gasteiger partial charge in [-0.25, -0.2) is 0 Å². The van der Waals surface area contributed by atoms with Gasteiger partial charge in [-0.05, 0) is 132 Å². The van der Waals surface area contributed by atoms with Crippen molar-refractivity contribution in [1.29, 1.82) is 0 Å². The van der Waals surface area contributed by atoms with Gasteiger partial charge in [0.15, 0.2) is 0 Å². The molecule has 0 aromatic heterocycles. The summed E-state index contributed by atoms with van der Waals surface area (Å²) >= 11 is 0. The maximum absolute atomic E-state index is 14.3. The monoisotopic (exact) mass is 757 g/mol. The Morgan fingerprint density at radius 2 is 1.67 bits per heavy atom. The molecule has 4 N–H and O–H groups in total. The van der Waals surface area contributed by atoms with Crippen LogP contribution in [0, 0.1) is 64.6 Å². The third-order valence-corrected chi connectivity index (χ3v) is 17.1. The number of hydrogen-bond acceptors (Lipinski definition) is 8. The summed E-state index contributed by atoms with van der Waals surface area (Å²) in [5, 5.41) is 30.3. The van der Waals surface area contributed by atoms with Crippen molar-refractivity contribution in [2.75, 3.05) is 34.4 Å². The van der Waals surface area contributed by atoms with Crippen molar-refractivity contribution < 1.29 is 29.4 Å². The van der Waals surface area contributed by atoms with E-state index in [2.05, 4.69) is 50.4 Å². The number of nitrogens with zero attached hydrogens (tertiary/aromatic N) is 2. The summed E-state index contributed by atoms with van der Waals surface area (Å²) in [5.41, 5.74) is 0.322. The molecule has 8 rings (SSSR count). The Balaban J connectivity index is 1.03. The van der Waals surface area contributed by atoms with E-state index < -0.39 is 24.2 Å². The van der Waals surface area contributed by atoms with Gasteiger partial charge in [0.25, 0.3) is 0 Å². The van der Waals surface area contributed by atoms with E-state index >= 15 is 0 Å². The highest BCUT2D eigenvalue weighted by Gasteiger charge is 2.58. The summed E-state index contributed by atoms with van der Waals surface area (Å²) in [7, 11) is 6.15. The third kappa shape index (κ3) is 8.05. The number of amides is 2. The van der Waals surface area contributed by atoms with E-state index in [1.165, 1.54) is 38.5 Å². The van der Waals surface area contributed by atoms with E-state index in [0.717, 1.165) is 69.6 Å². The van der Waals surface area contributed by atoms with Crippen LogP contribution in [-0.4, -0.2) is 109 Å². The van der Waals surface area contributed by atoms with Crippen molar-refractivity contribution in [3.8, 4) is 0 Å².